The molecule has 0 spiro atoms. The van der Waals surface area contributed by atoms with Crippen molar-refractivity contribution in [1.29, 1.82) is 0 Å². The minimum Gasteiger partial charge on any atom is -0.385 e. The summed E-state index contributed by atoms with van der Waals surface area (Å²) in [6.07, 6.45) is 1.03. The molecule has 1 rings (SSSR count). The second kappa shape index (κ2) is 6.99. The normalized spacial score (nSPS) is 13.0. The van der Waals surface area contributed by atoms with Crippen LogP contribution in [0.1, 0.15) is 30.8 Å². The Morgan fingerprint density at radius 2 is 2.18 bits per heavy atom. The van der Waals surface area contributed by atoms with Gasteiger partial charge in [-0.1, -0.05) is 11.6 Å². The van der Waals surface area contributed by atoms with Crippen LogP contribution in [0.4, 0.5) is 0 Å². The van der Waals surface area contributed by atoms with Gasteiger partial charge in [-0.15, -0.1) is 0 Å². The molecule has 0 aliphatic carbocycles. The summed E-state index contributed by atoms with van der Waals surface area (Å²) >= 11 is 6.12. The summed E-state index contributed by atoms with van der Waals surface area (Å²) in [5.74, 6) is 0. The van der Waals surface area contributed by atoms with Gasteiger partial charge in [0.25, 0.3) is 0 Å². The Kier molecular flexibility index (Phi) is 5.95. The molecule has 4 nitrogen and oxygen atoms in total. The lowest BCUT2D eigenvalue weighted by atomic mass is 10.3. The third-order valence-electron chi connectivity index (χ3n) is 2.80. The van der Waals surface area contributed by atoms with E-state index in [1.807, 2.05) is 18.5 Å². The van der Waals surface area contributed by atoms with Crippen LogP contribution >= 0.6 is 11.6 Å². The van der Waals surface area contributed by atoms with E-state index in [0.29, 0.717) is 6.04 Å². The predicted molar refractivity (Wildman–Crippen MR) is 70.8 cm³/mol. The summed E-state index contributed by atoms with van der Waals surface area (Å²) in [7, 11) is 1.72. The van der Waals surface area contributed by atoms with Crippen LogP contribution < -0.4 is 5.32 Å². The smallest absolute Gasteiger partial charge is 0.0844 e. The molecule has 0 amide bonds. The van der Waals surface area contributed by atoms with Gasteiger partial charge >= 0.3 is 0 Å². The van der Waals surface area contributed by atoms with Crippen LogP contribution in [-0.4, -0.2) is 36.6 Å². The van der Waals surface area contributed by atoms with E-state index in [2.05, 4.69) is 17.3 Å². The Labute approximate surface area is 108 Å². The van der Waals surface area contributed by atoms with Crippen LogP contribution in [0.2, 0.25) is 5.02 Å². The van der Waals surface area contributed by atoms with Crippen molar-refractivity contribution < 1.29 is 4.74 Å². The number of ether oxygens (including phenoxy) is 1. The zero-order valence-electron chi connectivity index (χ0n) is 11.1. The molecule has 1 N–H and O–H groups in total. The first-order valence-electron chi connectivity index (χ1n) is 5.98. The Bertz CT molecular complexity index is 352. The highest BCUT2D eigenvalue weighted by Gasteiger charge is 2.13. The zero-order valence-corrected chi connectivity index (χ0v) is 11.8. The van der Waals surface area contributed by atoms with Gasteiger partial charge in [0, 0.05) is 20.3 Å². The number of nitrogens with zero attached hydrogens (tertiary/aromatic N) is 2. The number of hydrogen-bond donors (Lipinski definition) is 1. The fraction of sp³-hybridized carbons (Fsp3) is 0.750. The topological polar surface area (TPSA) is 39.1 Å². The standard InChI is InChI=1S/C12H22ClN3O/c1-9(8-14-6-5-7-17-4)16-11(3)12(13)10(2)15-16/h9,14H,5-8H2,1-4H3. The first-order valence-corrected chi connectivity index (χ1v) is 6.36. The number of aromatic nitrogens is 2. The van der Waals surface area contributed by atoms with Crippen LogP contribution in [0.5, 0.6) is 0 Å². The maximum Gasteiger partial charge on any atom is 0.0844 e. The molecule has 0 aliphatic heterocycles. The van der Waals surface area contributed by atoms with Crippen molar-refractivity contribution >= 4 is 11.6 Å². The lowest BCUT2D eigenvalue weighted by molar-refractivity contribution is 0.194. The maximum absolute atomic E-state index is 6.12. The Hall–Kier alpha value is -0.580. The van der Waals surface area contributed by atoms with Crippen LogP contribution in [0.25, 0.3) is 0 Å². The van der Waals surface area contributed by atoms with Crippen LogP contribution in [0.3, 0.4) is 0 Å². The highest BCUT2D eigenvalue weighted by atomic mass is 35.5. The van der Waals surface area contributed by atoms with E-state index >= 15 is 0 Å². The molecule has 0 aromatic carbocycles. The molecule has 0 fully saturated rings. The van der Waals surface area contributed by atoms with Gasteiger partial charge in [-0.25, -0.2) is 0 Å². The monoisotopic (exact) mass is 259 g/mol. The number of methoxy groups -OCH3 is 1. The largest absolute Gasteiger partial charge is 0.385 e. The van der Waals surface area contributed by atoms with E-state index in [1.54, 1.807) is 7.11 Å². The zero-order chi connectivity index (χ0) is 12.8. The molecule has 1 unspecified atom stereocenters. The SMILES string of the molecule is COCCCNCC(C)n1nc(C)c(Cl)c1C. The first kappa shape index (κ1) is 14.5. The second-order valence-corrected chi connectivity index (χ2v) is 4.71. The van der Waals surface area contributed by atoms with Gasteiger partial charge in [0.2, 0.25) is 0 Å². The number of rotatable bonds is 7. The number of hydrogen-bond acceptors (Lipinski definition) is 3. The molecule has 0 bridgehead atoms. The minimum atomic E-state index is 0.309. The predicted octanol–water partition coefficient (Wildman–Crippen LogP) is 2.34. The van der Waals surface area contributed by atoms with Gasteiger partial charge in [-0.3, -0.25) is 4.68 Å². The Balaban J connectivity index is 2.41. The van der Waals surface area contributed by atoms with Gasteiger partial charge in [-0.2, -0.15) is 5.10 Å². The highest BCUT2D eigenvalue weighted by Crippen LogP contribution is 2.21. The van der Waals surface area contributed by atoms with E-state index in [4.69, 9.17) is 16.3 Å². The molecule has 1 aromatic heterocycles. The maximum atomic E-state index is 6.12. The number of aryl methyl sites for hydroxylation is 1. The van der Waals surface area contributed by atoms with E-state index < -0.39 is 0 Å². The molecule has 5 heteroatoms. The summed E-state index contributed by atoms with van der Waals surface area (Å²) in [4.78, 5) is 0. The minimum absolute atomic E-state index is 0.309. The molecule has 0 saturated carbocycles. The molecule has 0 aliphatic rings. The fourth-order valence-electron chi connectivity index (χ4n) is 1.81. The van der Waals surface area contributed by atoms with Crippen molar-refractivity contribution in [2.75, 3.05) is 26.8 Å². The molecule has 98 valence electrons. The molecule has 0 radical (unpaired) electrons. The molecular weight excluding hydrogens is 238 g/mol. The van der Waals surface area contributed by atoms with E-state index in [-0.39, 0.29) is 0 Å². The molecule has 17 heavy (non-hydrogen) atoms. The summed E-state index contributed by atoms with van der Waals surface area (Å²) in [6, 6.07) is 0.309. The van der Waals surface area contributed by atoms with E-state index in [9.17, 15) is 0 Å². The van der Waals surface area contributed by atoms with Crippen LogP contribution in [0.15, 0.2) is 0 Å². The first-order chi connectivity index (χ1) is 8.07. The fourth-order valence-corrected chi connectivity index (χ4v) is 1.94. The van der Waals surface area contributed by atoms with Crippen molar-refractivity contribution in [3.63, 3.8) is 0 Å². The third-order valence-corrected chi connectivity index (χ3v) is 3.34. The van der Waals surface area contributed by atoms with Crippen molar-refractivity contribution in [1.82, 2.24) is 15.1 Å². The highest BCUT2D eigenvalue weighted by molar-refractivity contribution is 6.31. The average molecular weight is 260 g/mol. The van der Waals surface area contributed by atoms with Crippen molar-refractivity contribution in [3.8, 4) is 0 Å². The molecular formula is C12H22ClN3O. The lowest BCUT2D eigenvalue weighted by Crippen LogP contribution is -2.26. The molecule has 1 atom stereocenters. The molecule has 1 aromatic rings. The number of nitrogens with one attached hydrogen (secondary N) is 1. The van der Waals surface area contributed by atoms with Gasteiger partial charge in [-0.05, 0) is 33.7 Å². The van der Waals surface area contributed by atoms with Gasteiger partial charge in [0.05, 0.1) is 22.5 Å². The van der Waals surface area contributed by atoms with Crippen molar-refractivity contribution in [2.45, 2.75) is 33.2 Å². The summed E-state index contributed by atoms with van der Waals surface area (Å²) in [5.41, 5.74) is 1.94. The average Bonchev–Trinajstić information content (AvgIpc) is 2.56. The second-order valence-electron chi connectivity index (χ2n) is 4.33. The van der Waals surface area contributed by atoms with Gasteiger partial charge in [0.15, 0.2) is 0 Å². The van der Waals surface area contributed by atoms with Crippen molar-refractivity contribution in [3.05, 3.63) is 16.4 Å². The summed E-state index contributed by atoms with van der Waals surface area (Å²) in [5, 5.41) is 8.61. The quantitative estimate of drug-likeness (QED) is 0.764. The summed E-state index contributed by atoms with van der Waals surface area (Å²) in [6.45, 7) is 8.73. The molecule has 1 heterocycles. The van der Waals surface area contributed by atoms with Crippen LogP contribution in [-0.2, 0) is 4.74 Å². The van der Waals surface area contributed by atoms with E-state index in [1.165, 1.54) is 0 Å². The van der Waals surface area contributed by atoms with Crippen molar-refractivity contribution in [2.24, 2.45) is 0 Å². The Morgan fingerprint density at radius 1 is 1.47 bits per heavy atom. The van der Waals surface area contributed by atoms with Gasteiger partial charge in [0.1, 0.15) is 0 Å². The summed E-state index contributed by atoms with van der Waals surface area (Å²) < 4.78 is 6.98. The van der Waals surface area contributed by atoms with Crippen LogP contribution in [0, 0.1) is 13.8 Å². The van der Waals surface area contributed by atoms with E-state index in [0.717, 1.165) is 42.5 Å². The number of halogens is 1. The lowest BCUT2D eigenvalue weighted by Gasteiger charge is -2.15. The van der Waals surface area contributed by atoms with Gasteiger partial charge < -0.3 is 10.1 Å². The molecule has 0 saturated heterocycles. The Morgan fingerprint density at radius 3 is 2.71 bits per heavy atom. The third kappa shape index (κ3) is 3.98.